The molecule has 2 fully saturated rings. The quantitative estimate of drug-likeness (QED) is 0.532. The van der Waals surface area contributed by atoms with E-state index in [1.54, 1.807) is 0 Å². The van der Waals surface area contributed by atoms with Gasteiger partial charge in [-0.25, -0.2) is 0 Å². The second kappa shape index (κ2) is 6.57. The maximum Gasteiger partial charge on any atom is 0.303 e. The molecule has 0 heterocycles. The highest BCUT2D eigenvalue weighted by molar-refractivity contribution is 5.87. The summed E-state index contributed by atoms with van der Waals surface area (Å²) in [7, 11) is 0. The highest BCUT2D eigenvalue weighted by Gasteiger charge is 2.58. The number of allylic oxidation sites excluding steroid dienone is 1. The predicted molar refractivity (Wildman–Crippen MR) is 103 cm³/mol. The van der Waals surface area contributed by atoms with Crippen molar-refractivity contribution in [2.75, 3.05) is 0 Å². The summed E-state index contributed by atoms with van der Waals surface area (Å²) in [5, 5.41) is 0. The Bertz CT molecular complexity index is 793. The first-order valence-electron chi connectivity index (χ1n) is 10.4. The molecule has 0 radical (unpaired) electrons. The summed E-state index contributed by atoms with van der Waals surface area (Å²) in [5.74, 6) is 0.0662. The van der Waals surface area contributed by atoms with Gasteiger partial charge in [0.15, 0.2) is 0 Å². The van der Waals surface area contributed by atoms with Gasteiger partial charge in [-0.05, 0) is 37.7 Å². The minimum absolute atomic E-state index is 0.0631. The molecule has 0 saturated heterocycles. The molecule has 28 heavy (non-hydrogen) atoms. The van der Waals surface area contributed by atoms with Crippen molar-refractivity contribution in [2.24, 2.45) is 22.7 Å². The van der Waals surface area contributed by atoms with Crippen LogP contribution in [0.4, 0.5) is 0 Å². The number of carbonyl (C=O) groups is 3. The molecule has 0 aromatic carbocycles. The van der Waals surface area contributed by atoms with Crippen LogP contribution in [0.1, 0.15) is 66.2 Å². The monoisotopic (exact) mass is 386 g/mol. The van der Waals surface area contributed by atoms with Gasteiger partial charge in [-0.2, -0.15) is 0 Å². The third kappa shape index (κ3) is 2.85. The highest BCUT2D eigenvalue weighted by Crippen LogP contribution is 2.62. The molecule has 6 atom stereocenters. The molecule has 2 unspecified atom stereocenters. The van der Waals surface area contributed by atoms with Gasteiger partial charge in [0, 0.05) is 43.4 Å². The van der Waals surface area contributed by atoms with Crippen LogP contribution in [0.3, 0.4) is 0 Å². The molecule has 2 saturated carbocycles. The maximum absolute atomic E-state index is 12.6. The Hall–Kier alpha value is -1.91. The third-order valence-corrected chi connectivity index (χ3v) is 7.79. The number of ether oxygens (including phenoxy) is 2. The van der Waals surface area contributed by atoms with Gasteiger partial charge in [-0.15, -0.1) is 0 Å². The largest absolute Gasteiger partial charge is 0.462 e. The van der Waals surface area contributed by atoms with Crippen LogP contribution in [0.5, 0.6) is 0 Å². The fourth-order valence-corrected chi connectivity index (χ4v) is 6.31. The molecule has 4 aliphatic carbocycles. The number of esters is 2. The zero-order valence-electron chi connectivity index (χ0n) is 17.2. The first-order chi connectivity index (χ1) is 13.1. The van der Waals surface area contributed by atoms with E-state index in [0.29, 0.717) is 18.6 Å². The van der Waals surface area contributed by atoms with Crippen LogP contribution >= 0.6 is 0 Å². The van der Waals surface area contributed by atoms with E-state index in [1.807, 2.05) is 0 Å². The molecule has 0 spiro atoms. The van der Waals surface area contributed by atoms with Gasteiger partial charge in [0.2, 0.25) is 0 Å². The van der Waals surface area contributed by atoms with E-state index in [4.69, 9.17) is 9.47 Å². The summed E-state index contributed by atoms with van der Waals surface area (Å²) in [6.07, 6.45) is 8.57. The second-order valence-corrected chi connectivity index (χ2v) is 9.45. The summed E-state index contributed by atoms with van der Waals surface area (Å²) in [6.45, 7) is 7.25. The van der Waals surface area contributed by atoms with Gasteiger partial charge in [-0.1, -0.05) is 31.1 Å². The number of Topliss-reactive ketones (excluding diaryl/α,β-unsaturated/α-hetero) is 1. The van der Waals surface area contributed by atoms with Crippen molar-refractivity contribution in [3.8, 4) is 0 Å². The van der Waals surface area contributed by atoms with Crippen molar-refractivity contribution >= 4 is 17.7 Å². The molecule has 0 bridgehead atoms. The van der Waals surface area contributed by atoms with Crippen LogP contribution < -0.4 is 0 Å². The summed E-state index contributed by atoms with van der Waals surface area (Å²) in [5.41, 5.74) is 2.08. The highest BCUT2D eigenvalue weighted by atomic mass is 16.5. The van der Waals surface area contributed by atoms with Gasteiger partial charge in [-0.3, -0.25) is 14.4 Å². The van der Waals surface area contributed by atoms with Gasteiger partial charge in [0.1, 0.15) is 18.0 Å². The number of hydrogen-bond donors (Lipinski definition) is 0. The lowest BCUT2D eigenvalue weighted by Crippen LogP contribution is -2.50. The predicted octanol–water partition coefficient (Wildman–Crippen LogP) is 3.91. The van der Waals surface area contributed by atoms with E-state index in [-0.39, 0.29) is 46.8 Å². The fraction of sp³-hybridized carbons (Fsp3) is 0.696. The lowest BCUT2D eigenvalue weighted by Gasteiger charge is -2.54. The maximum atomic E-state index is 12.6. The van der Waals surface area contributed by atoms with Crippen molar-refractivity contribution in [2.45, 2.75) is 78.4 Å². The SMILES string of the molecule is CC(=O)OC1CC[C@@]2(C)C(=C[C@H](OC(C)=O)[C@@H]3C2=CC[C@]2(C)C(=O)CCC32)C1. The van der Waals surface area contributed by atoms with Crippen LogP contribution in [-0.2, 0) is 23.9 Å². The van der Waals surface area contributed by atoms with Crippen molar-refractivity contribution in [3.63, 3.8) is 0 Å². The van der Waals surface area contributed by atoms with Gasteiger partial charge >= 0.3 is 11.9 Å². The molecule has 4 rings (SSSR count). The fourth-order valence-electron chi connectivity index (χ4n) is 6.31. The smallest absolute Gasteiger partial charge is 0.303 e. The molecule has 5 nitrogen and oxygen atoms in total. The van der Waals surface area contributed by atoms with E-state index in [9.17, 15) is 14.4 Å². The Balaban J connectivity index is 1.75. The Morgan fingerprint density at radius 1 is 1.11 bits per heavy atom. The molecule has 0 aliphatic heterocycles. The normalized spacial score (nSPS) is 41.8. The minimum Gasteiger partial charge on any atom is -0.462 e. The van der Waals surface area contributed by atoms with E-state index >= 15 is 0 Å². The number of ketones is 1. The topological polar surface area (TPSA) is 69.7 Å². The lowest BCUT2D eigenvalue weighted by atomic mass is 9.52. The molecule has 4 aliphatic rings. The van der Waals surface area contributed by atoms with Gasteiger partial charge in [0.25, 0.3) is 0 Å². The minimum atomic E-state index is -0.349. The average molecular weight is 386 g/mol. The first kappa shape index (κ1) is 19.4. The summed E-state index contributed by atoms with van der Waals surface area (Å²) < 4.78 is 11.3. The van der Waals surface area contributed by atoms with E-state index in [1.165, 1.54) is 25.0 Å². The van der Waals surface area contributed by atoms with Crippen molar-refractivity contribution in [1.29, 1.82) is 0 Å². The standard InChI is InChI=1S/C23H30O5/c1-13(24)27-16-7-9-22(3)15(11-16)12-19(28-14(2)25)21-17-5-6-20(26)23(17,4)10-8-18(21)22/h8,12,16-17,19,21H,5-7,9-11H2,1-4H3/t16?,17?,19-,21-,22-,23-/m0/s1. The van der Waals surface area contributed by atoms with Crippen molar-refractivity contribution in [1.82, 2.24) is 0 Å². The van der Waals surface area contributed by atoms with E-state index in [0.717, 1.165) is 25.7 Å². The summed E-state index contributed by atoms with van der Waals surface area (Å²) in [6, 6.07) is 0. The van der Waals surface area contributed by atoms with Crippen LogP contribution in [0.15, 0.2) is 23.3 Å². The summed E-state index contributed by atoms with van der Waals surface area (Å²) in [4.78, 5) is 35.9. The molecule has 152 valence electrons. The van der Waals surface area contributed by atoms with Gasteiger partial charge in [0.05, 0.1) is 0 Å². The first-order valence-corrected chi connectivity index (χ1v) is 10.4. The molecular formula is C23H30O5. The van der Waals surface area contributed by atoms with Crippen LogP contribution in [-0.4, -0.2) is 29.9 Å². The van der Waals surface area contributed by atoms with Crippen molar-refractivity contribution in [3.05, 3.63) is 23.3 Å². The Morgan fingerprint density at radius 3 is 2.50 bits per heavy atom. The zero-order valence-corrected chi connectivity index (χ0v) is 17.2. The van der Waals surface area contributed by atoms with Crippen LogP contribution in [0.25, 0.3) is 0 Å². The number of fused-ring (bicyclic) bond motifs is 5. The molecular weight excluding hydrogens is 356 g/mol. The Labute approximate surface area is 166 Å². The molecule has 5 heteroatoms. The van der Waals surface area contributed by atoms with E-state index in [2.05, 4.69) is 26.0 Å². The second-order valence-electron chi connectivity index (χ2n) is 9.45. The molecule has 0 aromatic heterocycles. The van der Waals surface area contributed by atoms with E-state index < -0.39 is 0 Å². The summed E-state index contributed by atoms with van der Waals surface area (Å²) >= 11 is 0. The number of carbonyl (C=O) groups excluding carboxylic acids is 3. The van der Waals surface area contributed by atoms with Gasteiger partial charge < -0.3 is 9.47 Å². The molecule has 0 N–H and O–H groups in total. The van der Waals surface area contributed by atoms with Crippen LogP contribution in [0.2, 0.25) is 0 Å². The zero-order chi connectivity index (χ0) is 20.3. The third-order valence-electron chi connectivity index (χ3n) is 7.79. The number of rotatable bonds is 2. The Kier molecular flexibility index (Phi) is 4.55. The average Bonchev–Trinajstić information content (AvgIpc) is 2.90. The van der Waals surface area contributed by atoms with Crippen LogP contribution in [0, 0.1) is 22.7 Å². The number of hydrogen-bond acceptors (Lipinski definition) is 5. The van der Waals surface area contributed by atoms with Crippen molar-refractivity contribution < 1.29 is 23.9 Å². The molecule has 0 amide bonds. The molecule has 0 aromatic rings. The lowest BCUT2D eigenvalue weighted by molar-refractivity contribution is -0.148. The Morgan fingerprint density at radius 2 is 1.82 bits per heavy atom.